The minimum absolute atomic E-state index is 0.0258. The highest BCUT2D eigenvalue weighted by molar-refractivity contribution is 6.30. The second kappa shape index (κ2) is 12.4. The van der Waals surface area contributed by atoms with Crippen molar-refractivity contribution in [3.63, 3.8) is 0 Å². The highest BCUT2D eigenvalue weighted by Crippen LogP contribution is 2.32. The van der Waals surface area contributed by atoms with Crippen LogP contribution in [0.15, 0.2) is 79.1 Å². The zero-order valence-corrected chi connectivity index (χ0v) is 22.8. The molecule has 0 fully saturated rings. The number of carbonyl (C=O) groups excluding carboxylic acids is 3. The lowest BCUT2D eigenvalue weighted by atomic mass is 9.91. The van der Waals surface area contributed by atoms with Crippen molar-refractivity contribution in [3.05, 3.63) is 101 Å². The number of hydrogen-bond donors (Lipinski definition) is 2. The molecule has 3 aromatic carbocycles. The van der Waals surface area contributed by atoms with Crippen molar-refractivity contribution >= 4 is 46.8 Å². The van der Waals surface area contributed by atoms with Crippen LogP contribution in [0.1, 0.15) is 22.7 Å². The summed E-state index contributed by atoms with van der Waals surface area (Å²) in [5.74, 6) is -1.06. The van der Waals surface area contributed by atoms with Crippen LogP contribution in [0.4, 0.5) is 11.4 Å². The van der Waals surface area contributed by atoms with Crippen LogP contribution in [0.5, 0.6) is 0 Å². The van der Waals surface area contributed by atoms with Crippen LogP contribution in [0.2, 0.25) is 5.02 Å². The molecule has 1 aliphatic rings. The summed E-state index contributed by atoms with van der Waals surface area (Å²) in [6.07, 6.45) is 5.13. The number of rotatable bonds is 8. The molecular weight excluding hydrogens is 546 g/mol. The van der Waals surface area contributed by atoms with Gasteiger partial charge in [-0.3, -0.25) is 14.4 Å². The first-order valence-corrected chi connectivity index (χ1v) is 13.1. The smallest absolute Gasteiger partial charge is 0.325 e. The summed E-state index contributed by atoms with van der Waals surface area (Å²) in [6, 6.07) is 18.9. The van der Waals surface area contributed by atoms with Crippen molar-refractivity contribution in [2.24, 2.45) is 0 Å². The number of fused-ring (bicyclic) bond motifs is 1. The minimum atomic E-state index is -0.840. The summed E-state index contributed by atoms with van der Waals surface area (Å²) >= 11 is 6.22. The van der Waals surface area contributed by atoms with Crippen molar-refractivity contribution in [1.29, 1.82) is 0 Å². The fourth-order valence-electron chi connectivity index (χ4n) is 4.61. The van der Waals surface area contributed by atoms with Gasteiger partial charge in [0.1, 0.15) is 18.9 Å². The summed E-state index contributed by atoms with van der Waals surface area (Å²) in [4.78, 5) is 40.2. The topological polar surface area (TPSA) is 131 Å². The Morgan fingerprint density at radius 1 is 1.07 bits per heavy atom. The Hall–Kier alpha value is -5.03. The number of methoxy groups -OCH3 is 1. The number of halogens is 1. The number of nitrogens with zero attached hydrogens (tertiary/aromatic N) is 5. The summed E-state index contributed by atoms with van der Waals surface area (Å²) < 4.78 is 6.11. The molecule has 5 rings (SSSR count). The Balaban J connectivity index is 1.37. The molecule has 0 unspecified atom stereocenters. The number of hydrogen-bond acceptors (Lipinski definition) is 8. The van der Waals surface area contributed by atoms with E-state index >= 15 is 0 Å². The molecular formula is C29H26ClN7O4. The predicted octanol–water partition coefficient (Wildman–Crippen LogP) is 3.68. The van der Waals surface area contributed by atoms with Gasteiger partial charge in [0.15, 0.2) is 0 Å². The lowest BCUT2D eigenvalue weighted by Gasteiger charge is -2.35. The second-order valence-corrected chi connectivity index (χ2v) is 9.61. The third-order valence-corrected chi connectivity index (χ3v) is 6.86. The van der Waals surface area contributed by atoms with Gasteiger partial charge in [0.25, 0.3) is 5.91 Å². The molecule has 12 heteroatoms. The van der Waals surface area contributed by atoms with Crippen LogP contribution in [-0.4, -0.2) is 63.1 Å². The molecule has 41 heavy (non-hydrogen) atoms. The molecule has 2 heterocycles. The number of aromatic nitrogens is 4. The Kier molecular flexibility index (Phi) is 8.35. The third-order valence-electron chi connectivity index (χ3n) is 6.62. The van der Waals surface area contributed by atoms with Gasteiger partial charge in [0, 0.05) is 34.6 Å². The van der Waals surface area contributed by atoms with E-state index in [1.807, 2.05) is 24.3 Å². The molecule has 0 saturated heterocycles. The molecule has 1 aliphatic heterocycles. The van der Waals surface area contributed by atoms with Crippen LogP contribution in [0, 0.1) is 0 Å². The standard InChI is InChI=1S/C29H26ClN7O4/c1-41-27(39)17-31-22-8-10-23(11-9-22)33-29(40)28-24-5-3-2-4-19(24)14-15-36(28)26(38)13-6-20-16-21(30)7-12-25(20)37-18-32-34-35-37/h2-13,16,18,28,31H,14-15,17H2,1H3,(H,33,40)/b13-6+/t28-/m0/s1. The van der Waals surface area contributed by atoms with Gasteiger partial charge in [-0.1, -0.05) is 35.9 Å². The van der Waals surface area contributed by atoms with E-state index in [0.717, 1.165) is 11.1 Å². The lowest BCUT2D eigenvalue weighted by Crippen LogP contribution is -2.44. The molecule has 208 valence electrons. The fourth-order valence-corrected chi connectivity index (χ4v) is 4.79. The number of ether oxygens (including phenoxy) is 1. The Bertz CT molecular complexity index is 1590. The Labute approximate surface area is 240 Å². The Morgan fingerprint density at radius 3 is 2.61 bits per heavy atom. The van der Waals surface area contributed by atoms with Gasteiger partial charge in [0.05, 0.1) is 12.8 Å². The zero-order valence-electron chi connectivity index (χ0n) is 22.0. The van der Waals surface area contributed by atoms with E-state index in [0.29, 0.717) is 40.6 Å². The molecule has 1 atom stereocenters. The quantitative estimate of drug-likeness (QED) is 0.242. The molecule has 0 radical (unpaired) electrons. The number of anilines is 2. The molecule has 1 aromatic heterocycles. The van der Waals surface area contributed by atoms with E-state index < -0.39 is 6.04 Å². The molecule has 11 nitrogen and oxygen atoms in total. The molecule has 4 aromatic rings. The van der Waals surface area contributed by atoms with E-state index in [9.17, 15) is 14.4 Å². The van der Waals surface area contributed by atoms with Crippen LogP contribution < -0.4 is 10.6 Å². The fraction of sp³-hybridized carbons (Fsp3) is 0.172. The number of benzene rings is 3. The number of amides is 2. The van der Waals surface area contributed by atoms with Gasteiger partial charge in [-0.15, -0.1) is 5.10 Å². The van der Waals surface area contributed by atoms with Gasteiger partial charge in [-0.05, 0) is 76.5 Å². The van der Waals surface area contributed by atoms with Crippen molar-refractivity contribution in [2.45, 2.75) is 12.5 Å². The predicted molar refractivity (Wildman–Crippen MR) is 153 cm³/mol. The van der Waals surface area contributed by atoms with Crippen LogP contribution in [0.3, 0.4) is 0 Å². The average Bonchev–Trinajstić information content (AvgIpc) is 3.53. The first-order valence-electron chi connectivity index (χ1n) is 12.7. The van der Waals surface area contributed by atoms with E-state index in [1.54, 1.807) is 53.4 Å². The molecule has 2 amide bonds. The number of carbonyl (C=O) groups is 3. The van der Waals surface area contributed by atoms with Gasteiger partial charge in [-0.25, -0.2) is 0 Å². The maximum absolute atomic E-state index is 13.7. The van der Waals surface area contributed by atoms with Gasteiger partial charge >= 0.3 is 5.97 Å². The van der Waals surface area contributed by atoms with Crippen molar-refractivity contribution in [2.75, 3.05) is 30.8 Å². The van der Waals surface area contributed by atoms with Crippen molar-refractivity contribution in [1.82, 2.24) is 25.1 Å². The third kappa shape index (κ3) is 6.42. The van der Waals surface area contributed by atoms with Gasteiger partial charge in [-0.2, -0.15) is 4.68 Å². The summed E-state index contributed by atoms with van der Waals surface area (Å²) in [6.45, 7) is 0.391. The van der Waals surface area contributed by atoms with Gasteiger partial charge < -0.3 is 20.3 Å². The van der Waals surface area contributed by atoms with Crippen LogP contribution in [0.25, 0.3) is 11.8 Å². The first-order chi connectivity index (χ1) is 19.9. The SMILES string of the molecule is COC(=O)CNc1ccc(NC(=O)[C@@H]2c3ccccc3CCN2C(=O)/C=C/c2cc(Cl)ccc2-n2cnnn2)cc1. The lowest BCUT2D eigenvalue weighted by molar-refractivity contribution is -0.138. The summed E-state index contributed by atoms with van der Waals surface area (Å²) in [5.41, 5.74) is 4.31. The molecule has 0 spiro atoms. The molecule has 0 bridgehead atoms. The van der Waals surface area contributed by atoms with Crippen LogP contribution >= 0.6 is 11.6 Å². The van der Waals surface area contributed by atoms with Gasteiger partial charge in [0.2, 0.25) is 5.91 Å². The molecule has 0 saturated carbocycles. The summed E-state index contributed by atoms with van der Waals surface area (Å²) in [7, 11) is 1.32. The number of nitrogens with one attached hydrogen (secondary N) is 2. The first kappa shape index (κ1) is 27.5. The van der Waals surface area contributed by atoms with E-state index in [4.69, 9.17) is 11.6 Å². The average molecular weight is 572 g/mol. The highest BCUT2D eigenvalue weighted by atomic mass is 35.5. The largest absolute Gasteiger partial charge is 0.468 e. The maximum atomic E-state index is 13.7. The Morgan fingerprint density at radius 2 is 1.85 bits per heavy atom. The monoisotopic (exact) mass is 571 g/mol. The van der Waals surface area contributed by atoms with E-state index in [-0.39, 0.29) is 24.3 Å². The number of esters is 1. The minimum Gasteiger partial charge on any atom is -0.468 e. The zero-order chi connectivity index (χ0) is 28.8. The number of tetrazole rings is 1. The van der Waals surface area contributed by atoms with E-state index in [2.05, 4.69) is 30.9 Å². The maximum Gasteiger partial charge on any atom is 0.325 e. The van der Waals surface area contributed by atoms with Crippen LogP contribution in [-0.2, 0) is 25.5 Å². The molecule has 0 aliphatic carbocycles. The highest BCUT2D eigenvalue weighted by Gasteiger charge is 2.35. The summed E-state index contributed by atoms with van der Waals surface area (Å²) in [5, 5.41) is 17.6. The van der Waals surface area contributed by atoms with Crippen molar-refractivity contribution in [3.8, 4) is 5.69 Å². The second-order valence-electron chi connectivity index (χ2n) is 9.17. The van der Waals surface area contributed by atoms with E-state index in [1.165, 1.54) is 24.2 Å². The van der Waals surface area contributed by atoms with Crippen molar-refractivity contribution < 1.29 is 19.1 Å². The molecule has 2 N–H and O–H groups in total. The normalized spacial score (nSPS) is 14.4.